The maximum absolute atomic E-state index is 11.4. The van der Waals surface area contributed by atoms with Crippen molar-refractivity contribution < 1.29 is 8.42 Å². The van der Waals surface area contributed by atoms with E-state index in [1.165, 1.54) is 12.6 Å². The van der Waals surface area contributed by atoms with Crippen LogP contribution in [0.1, 0.15) is 12.5 Å². The van der Waals surface area contributed by atoms with E-state index in [1.807, 2.05) is 6.92 Å². The van der Waals surface area contributed by atoms with Gasteiger partial charge in [0.25, 0.3) is 0 Å². The van der Waals surface area contributed by atoms with Gasteiger partial charge in [-0.05, 0) is 30.7 Å². The summed E-state index contributed by atoms with van der Waals surface area (Å²) in [6, 6.07) is 6.47. The molecule has 0 saturated carbocycles. The molecule has 2 aromatic rings. The second-order valence-electron chi connectivity index (χ2n) is 4.27. The first kappa shape index (κ1) is 14.7. The lowest BCUT2D eigenvalue weighted by atomic mass is 10.2. The Balaban J connectivity index is 2.29. The summed E-state index contributed by atoms with van der Waals surface area (Å²) in [5, 5.41) is 3.53. The summed E-state index contributed by atoms with van der Waals surface area (Å²) in [6.45, 7) is 1.96. The Bertz CT molecular complexity index is 715. The van der Waals surface area contributed by atoms with Crippen LogP contribution >= 0.6 is 11.6 Å². The zero-order valence-electron chi connectivity index (χ0n) is 11.1. The zero-order valence-corrected chi connectivity index (χ0v) is 12.7. The van der Waals surface area contributed by atoms with Gasteiger partial charge >= 0.3 is 0 Å². The van der Waals surface area contributed by atoms with Gasteiger partial charge in [0.1, 0.15) is 17.3 Å². The van der Waals surface area contributed by atoms with Crippen LogP contribution in [-0.4, -0.2) is 24.6 Å². The number of nitrogens with one attached hydrogen (secondary N) is 1. The number of nitrogens with zero attached hydrogens (tertiary/aromatic N) is 2. The Morgan fingerprint density at radius 2 is 1.85 bits per heavy atom. The topological polar surface area (TPSA) is 72.0 Å². The predicted molar refractivity (Wildman–Crippen MR) is 79.3 cm³/mol. The minimum Gasteiger partial charge on any atom is -0.340 e. The van der Waals surface area contributed by atoms with Crippen molar-refractivity contribution in [2.75, 3.05) is 11.6 Å². The van der Waals surface area contributed by atoms with Crippen LogP contribution in [0.5, 0.6) is 0 Å². The lowest BCUT2D eigenvalue weighted by molar-refractivity contribution is 0.602. The van der Waals surface area contributed by atoms with Crippen molar-refractivity contribution >= 4 is 32.9 Å². The Morgan fingerprint density at radius 3 is 2.40 bits per heavy atom. The minimum atomic E-state index is -3.19. The van der Waals surface area contributed by atoms with E-state index >= 15 is 0 Å². The third kappa shape index (κ3) is 3.26. The fourth-order valence-corrected chi connectivity index (χ4v) is 2.63. The Morgan fingerprint density at radius 1 is 1.20 bits per heavy atom. The molecular formula is C13H14ClN3O2S. The van der Waals surface area contributed by atoms with E-state index in [4.69, 9.17) is 11.6 Å². The molecule has 7 heteroatoms. The molecule has 5 nitrogen and oxygen atoms in total. The molecule has 20 heavy (non-hydrogen) atoms. The molecule has 106 valence electrons. The van der Waals surface area contributed by atoms with Crippen molar-refractivity contribution in [1.29, 1.82) is 0 Å². The van der Waals surface area contributed by atoms with Crippen LogP contribution in [0.3, 0.4) is 0 Å². The maximum atomic E-state index is 11.4. The van der Waals surface area contributed by atoms with Crippen molar-refractivity contribution in [3.8, 4) is 0 Å². The summed E-state index contributed by atoms with van der Waals surface area (Å²) in [5.41, 5.74) is 1.56. The maximum Gasteiger partial charge on any atom is 0.175 e. The van der Waals surface area contributed by atoms with E-state index in [1.54, 1.807) is 24.3 Å². The van der Waals surface area contributed by atoms with Crippen LogP contribution in [-0.2, 0) is 16.3 Å². The predicted octanol–water partition coefficient (Wildman–Crippen LogP) is 2.84. The summed E-state index contributed by atoms with van der Waals surface area (Å²) >= 11 is 6.01. The molecule has 0 radical (unpaired) electrons. The van der Waals surface area contributed by atoms with E-state index in [0.29, 0.717) is 17.4 Å². The highest BCUT2D eigenvalue weighted by atomic mass is 35.5. The normalized spacial score (nSPS) is 11.3. The second-order valence-corrected chi connectivity index (χ2v) is 6.64. The van der Waals surface area contributed by atoms with Crippen molar-refractivity contribution in [2.45, 2.75) is 18.2 Å². The van der Waals surface area contributed by atoms with Crippen molar-refractivity contribution in [3.63, 3.8) is 0 Å². The van der Waals surface area contributed by atoms with Crippen LogP contribution in [0.4, 0.5) is 11.5 Å². The third-order valence-electron chi connectivity index (χ3n) is 2.79. The first-order valence-corrected chi connectivity index (χ1v) is 8.25. The van der Waals surface area contributed by atoms with Gasteiger partial charge in [-0.1, -0.05) is 18.5 Å². The smallest absolute Gasteiger partial charge is 0.175 e. The minimum absolute atomic E-state index is 0.277. The van der Waals surface area contributed by atoms with Gasteiger partial charge in [0.2, 0.25) is 0 Å². The van der Waals surface area contributed by atoms with Crippen LogP contribution in [0.2, 0.25) is 5.15 Å². The summed E-state index contributed by atoms with van der Waals surface area (Å²) in [7, 11) is -3.19. The van der Waals surface area contributed by atoms with Crippen molar-refractivity contribution in [1.82, 2.24) is 9.97 Å². The first-order chi connectivity index (χ1) is 9.41. The van der Waals surface area contributed by atoms with Gasteiger partial charge in [0, 0.05) is 17.5 Å². The lowest BCUT2D eigenvalue weighted by Gasteiger charge is -2.10. The van der Waals surface area contributed by atoms with Crippen LogP contribution < -0.4 is 5.32 Å². The van der Waals surface area contributed by atoms with Gasteiger partial charge in [0.15, 0.2) is 9.84 Å². The number of halogens is 1. The van der Waals surface area contributed by atoms with Gasteiger partial charge in [-0.3, -0.25) is 0 Å². The van der Waals surface area contributed by atoms with Gasteiger partial charge in [0.05, 0.1) is 4.90 Å². The summed E-state index contributed by atoms with van der Waals surface area (Å²) in [5.74, 6) is 0.625. The molecule has 0 aliphatic heterocycles. The largest absolute Gasteiger partial charge is 0.340 e. The average molecular weight is 312 g/mol. The zero-order chi connectivity index (χ0) is 14.8. The molecule has 0 aliphatic carbocycles. The lowest BCUT2D eigenvalue weighted by Crippen LogP contribution is -2.01. The highest BCUT2D eigenvalue weighted by Gasteiger charge is 2.09. The molecule has 0 aliphatic rings. The summed E-state index contributed by atoms with van der Waals surface area (Å²) in [6.07, 6.45) is 3.26. The molecule has 2 rings (SSSR count). The quantitative estimate of drug-likeness (QED) is 0.879. The second kappa shape index (κ2) is 5.76. The average Bonchev–Trinajstić information content (AvgIpc) is 2.38. The van der Waals surface area contributed by atoms with Crippen molar-refractivity contribution in [3.05, 3.63) is 41.3 Å². The van der Waals surface area contributed by atoms with Gasteiger partial charge in [-0.2, -0.15) is 0 Å². The standard InChI is InChI=1S/C13H14ClN3O2S/c1-3-11-12(14)15-8-16-13(11)17-9-4-6-10(7-5-9)20(2,18)19/h4-8H,3H2,1-2H3,(H,15,16,17). The SMILES string of the molecule is CCc1c(Cl)ncnc1Nc1ccc(S(C)(=O)=O)cc1. The van der Waals surface area contributed by atoms with Gasteiger partial charge < -0.3 is 5.32 Å². The van der Waals surface area contributed by atoms with Gasteiger partial charge in [-0.15, -0.1) is 0 Å². The molecule has 1 aromatic heterocycles. The molecule has 0 saturated heterocycles. The van der Waals surface area contributed by atoms with Crippen LogP contribution in [0.25, 0.3) is 0 Å². The molecule has 0 bridgehead atoms. The van der Waals surface area contributed by atoms with Gasteiger partial charge in [-0.25, -0.2) is 18.4 Å². The molecule has 1 aromatic carbocycles. The number of anilines is 2. The monoisotopic (exact) mass is 311 g/mol. The molecular weight excluding hydrogens is 298 g/mol. The number of sulfone groups is 1. The number of aromatic nitrogens is 2. The Kier molecular flexibility index (Phi) is 4.25. The van der Waals surface area contributed by atoms with Crippen LogP contribution in [0.15, 0.2) is 35.5 Å². The summed E-state index contributed by atoms with van der Waals surface area (Å²) in [4.78, 5) is 8.36. The fourth-order valence-electron chi connectivity index (χ4n) is 1.73. The Hall–Kier alpha value is -1.66. The van der Waals surface area contributed by atoms with E-state index in [2.05, 4.69) is 15.3 Å². The molecule has 0 fully saturated rings. The highest BCUT2D eigenvalue weighted by molar-refractivity contribution is 7.90. The fraction of sp³-hybridized carbons (Fsp3) is 0.231. The van der Waals surface area contributed by atoms with E-state index in [9.17, 15) is 8.42 Å². The number of rotatable bonds is 4. The van der Waals surface area contributed by atoms with Crippen LogP contribution in [0, 0.1) is 0 Å². The van der Waals surface area contributed by atoms with E-state index in [-0.39, 0.29) is 4.90 Å². The van der Waals surface area contributed by atoms with E-state index in [0.717, 1.165) is 11.3 Å². The molecule has 0 unspecified atom stereocenters. The first-order valence-electron chi connectivity index (χ1n) is 5.98. The number of benzene rings is 1. The number of hydrogen-bond acceptors (Lipinski definition) is 5. The third-order valence-corrected chi connectivity index (χ3v) is 4.25. The molecule has 1 N–H and O–H groups in total. The summed E-state index contributed by atoms with van der Waals surface area (Å²) < 4.78 is 22.8. The van der Waals surface area contributed by atoms with Crippen molar-refractivity contribution in [2.24, 2.45) is 0 Å². The molecule has 0 amide bonds. The molecule has 0 atom stereocenters. The van der Waals surface area contributed by atoms with E-state index < -0.39 is 9.84 Å². The molecule has 0 spiro atoms. The molecule has 1 heterocycles. The highest BCUT2D eigenvalue weighted by Crippen LogP contribution is 2.24. The Labute approximate surface area is 123 Å². The number of hydrogen-bond donors (Lipinski definition) is 1.